The molecule has 2 unspecified atom stereocenters. The second-order valence-corrected chi connectivity index (χ2v) is 10.3. The van der Waals surface area contributed by atoms with E-state index in [9.17, 15) is 32.3 Å². The highest BCUT2D eigenvalue weighted by molar-refractivity contribution is 6.00. The summed E-state index contributed by atoms with van der Waals surface area (Å²) in [6, 6.07) is 10.5. The largest absolute Gasteiger partial charge is 0.451 e. The molecule has 2 aromatic carbocycles. The van der Waals surface area contributed by atoms with Crippen LogP contribution in [0.15, 0.2) is 52.9 Å². The summed E-state index contributed by atoms with van der Waals surface area (Å²) in [5.74, 6) is -1.88. The number of para-hydroxylation sites is 1. The Morgan fingerprint density at radius 2 is 1.79 bits per heavy atom. The Morgan fingerprint density at radius 1 is 1.05 bits per heavy atom. The average molecular weight is 548 g/mol. The fourth-order valence-corrected chi connectivity index (χ4v) is 5.57. The van der Waals surface area contributed by atoms with Gasteiger partial charge in [-0.3, -0.25) is 9.59 Å². The van der Waals surface area contributed by atoms with Crippen LogP contribution in [0.3, 0.4) is 0 Å². The van der Waals surface area contributed by atoms with E-state index in [2.05, 4.69) is 10.6 Å². The molecule has 1 aliphatic carbocycles. The zero-order chi connectivity index (χ0) is 27.8. The van der Waals surface area contributed by atoms with Crippen molar-refractivity contribution in [1.82, 2.24) is 10.6 Å². The monoisotopic (exact) mass is 547 g/mol. The average Bonchev–Trinajstić information content (AvgIpc) is 3.34. The molecule has 0 bridgehead atoms. The third-order valence-corrected chi connectivity index (χ3v) is 7.65. The molecule has 2 fully saturated rings. The van der Waals surface area contributed by atoms with Crippen LogP contribution in [-0.4, -0.2) is 47.7 Å². The molecule has 3 N–H and O–H groups in total. The molecule has 3 aromatic rings. The van der Waals surface area contributed by atoms with Crippen molar-refractivity contribution in [2.45, 2.75) is 62.4 Å². The van der Waals surface area contributed by atoms with E-state index in [1.165, 1.54) is 4.90 Å². The van der Waals surface area contributed by atoms with E-state index < -0.39 is 47.1 Å². The van der Waals surface area contributed by atoms with Crippen molar-refractivity contribution in [3.05, 3.63) is 65.7 Å². The number of furan rings is 1. The van der Waals surface area contributed by atoms with Crippen LogP contribution in [-0.2, 0) is 11.0 Å². The number of alkyl halides is 3. The molecular weight excluding hydrogens is 518 g/mol. The van der Waals surface area contributed by atoms with E-state index in [-0.39, 0.29) is 31.0 Å². The van der Waals surface area contributed by atoms with Crippen LogP contribution < -0.4 is 15.5 Å². The van der Waals surface area contributed by atoms with Crippen molar-refractivity contribution < 1.29 is 36.7 Å². The van der Waals surface area contributed by atoms with E-state index in [0.29, 0.717) is 24.5 Å². The van der Waals surface area contributed by atoms with Crippen molar-refractivity contribution in [3.63, 3.8) is 0 Å². The summed E-state index contributed by atoms with van der Waals surface area (Å²) in [7, 11) is 0. The van der Waals surface area contributed by atoms with Gasteiger partial charge >= 0.3 is 6.18 Å². The molecule has 39 heavy (non-hydrogen) atoms. The van der Waals surface area contributed by atoms with Crippen LogP contribution in [0.2, 0.25) is 0 Å². The molecule has 1 saturated carbocycles. The quantitative estimate of drug-likeness (QED) is 0.400. The number of halogens is 4. The Labute approximate surface area is 222 Å². The minimum absolute atomic E-state index is 0.0852. The zero-order valence-corrected chi connectivity index (χ0v) is 21.1. The van der Waals surface area contributed by atoms with E-state index in [1.807, 2.05) is 12.1 Å². The summed E-state index contributed by atoms with van der Waals surface area (Å²) in [6.07, 6.45) is -2.61. The first-order valence-electron chi connectivity index (χ1n) is 13.0. The second-order valence-electron chi connectivity index (χ2n) is 10.3. The Kier molecular flexibility index (Phi) is 7.28. The fourth-order valence-electron chi connectivity index (χ4n) is 5.57. The van der Waals surface area contributed by atoms with Gasteiger partial charge in [0.25, 0.3) is 5.91 Å². The fraction of sp³-hybridized carbons (Fsp3) is 0.429. The standard InChI is InChI=1S/C28H29F4N3O4/c29-18-8-9-21(19(15-18)28(30,31)32)35-13-10-20(22(36)16-35)33-26(38)27(11-4-1-5-12-27)34-25(37)24-14-17-6-2-3-7-23(17)39-24/h2-3,6-9,14-15,20,22,36H,1,4-5,10-13,16H2,(H,33,38)(H,34,37). The number of benzene rings is 2. The maximum atomic E-state index is 13.6. The first-order chi connectivity index (χ1) is 18.6. The lowest BCUT2D eigenvalue weighted by Gasteiger charge is -2.41. The van der Waals surface area contributed by atoms with Crippen LogP contribution in [0, 0.1) is 5.82 Å². The van der Waals surface area contributed by atoms with Crippen molar-refractivity contribution in [3.8, 4) is 0 Å². The smallest absolute Gasteiger partial charge is 0.418 e. The maximum absolute atomic E-state index is 13.6. The summed E-state index contributed by atoms with van der Waals surface area (Å²) in [5.41, 5.74) is -2.00. The van der Waals surface area contributed by atoms with Crippen LogP contribution >= 0.6 is 0 Å². The molecule has 11 heteroatoms. The minimum Gasteiger partial charge on any atom is -0.451 e. The van der Waals surface area contributed by atoms with Crippen LogP contribution in [0.1, 0.15) is 54.6 Å². The first-order valence-corrected chi connectivity index (χ1v) is 13.0. The van der Waals surface area contributed by atoms with Crippen LogP contribution in [0.25, 0.3) is 11.0 Å². The summed E-state index contributed by atoms with van der Waals surface area (Å²) < 4.78 is 59.7. The lowest BCUT2D eigenvalue weighted by Crippen LogP contribution is -2.64. The first kappa shape index (κ1) is 27.0. The van der Waals surface area contributed by atoms with Gasteiger partial charge < -0.3 is 25.1 Å². The third-order valence-electron chi connectivity index (χ3n) is 7.65. The molecule has 1 aliphatic heterocycles. The van der Waals surface area contributed by atoms with Gasteiger partial charge in [-0.15, -0.1) is 0 Å². The number of rotatable bonds is 5. The molecule has 2 amide bonds. The molecule has 2 aliphatic rings. The van der Waals surface area contributed by atoms with Gasteiger partial charge in [0, 0.05) is 24.2 Å². The van der Waals surface area contributed by atoms with Crippen molar-refractivity contribution in [1.29, 1.82) is 0 Å². The van der Waals surface area contributed by atoms with Crippen molar-refractivity contribution >= 4 is 28.5 Å². The summed E-state index contributed by atoms with van der Waals surface area (Å²) in [4.78, 5) is 28.0. The molecule has 2 atom stereocenters. The second kappa shape index (κ2) is 10.5. The van der Waals surface area contributed by atoms with Gasteiger partial charge in [-0.05, 0) is 49.6 Å². The van der Waals surface area contributed by atoms with Crippen LogP contribution in [0.5, 0.6) is 0 Å². The predicted octanol–water partition coefficient (Wildman–Crippen LogP) is 4.78. The number of hydrogen-bond donors (Lipinski definition) is 3. The van der Waals surface area contributed by atoms with Gasteiger partial charge in [0.05, 0.1) is 17.7 Å². The topological polar surface area (TPSA) is 94.8 Å². The lowest BCUT2D eigenvalue weighted by atomic mass is 9.80. The highest BCUT2D eigenvalue weighted by Crippen LogP contribution is 2.38. The molecule has 1 aromatic heterocycles. The number of nitrogens with zero attached hydrogens (tertiary/aromatic N) is 1. The number of aliphatic hydroxyl groups is 1. The molecule has 208 valence electrons. The number of β-amino-alcohol motifs (C(OH)–C–C–N with tert-alkyl or cyclic N) is 1. The minimum atomic E-state index is -4.77. The van der Waals surface area contributed by atoms with Gasteiger partial charge in [0.2, 0.25) is 5.91 Å². The molecule has 2 heterocycles. The number of hydrogen-bond acceptors (Lipinski definition) is 5. The maximum Gasteiger partial charge on any atom is 0.418 e. The van der Waals surface area contributed by atoms with Gasteiger partial charge in [-0.25, -0.2) is 4.39 Å². The van der Waals surface area contributed by atoms with Gasteiger partial charge in [-0.2, -0.15) is 13.2 Å². The van der Waals surface area contributed by atoms with Crippen LogP contribution in [0.4, 0.5) is 23.2 Å². The number of anilines is 1. The zero-order valence-electron chi connectivity index (χ0n) is 21.1. The highest BCUT2D eigenvalue weighted by atomic mass is 19.4. The normalized spacial score (nSPS) is 21.5. The molecule has 1 saturated heterocycles. The Bertz CT molecular complexity index is 1330. The van der Waals surface area contributed by atoms with E-state index >= 15 is 0 Å². The summed E-state index contributed by atoms with van der Waals surface area (Å²) in [5, 5.41) is 17.3. The van der Waals surface area contributed by atoms with Crippen molar-refractivity contribution in [2.75, 3.05) is 18.0 Å². The predicted molar refractivity (Wildman–Crippen MR) is 136 cm³/mol. The third kappa shape index (κ3) is 5.59. The molecule has 5 rings (SSSR count). The molecule has 7 nitrogen and oxygen atoms in total. The Balaban J connectivity index is 1.29. The summed E-state index contributed by atoms with van der Waals surface area (Å²) in [6.45, 7) is -0.0763. The number of carbonyl (C=O) groups excluding carboxylic acids is 2. The van der Waals surface area contributed by atoms with Crippen molar-refractivity contribution in [2.24, 2.45) is 0 Å². The summed E-state index contributed by atoms with van der Waals surface area (Å²) >= 11 is 0. The van der Waals surface area contributed by atoms with E-state index in [1.54, 1.807) is 18.2 Å². The number of aliphatic hydroxyl groups excluding tert-OH is 1. The number of carbonyl (C=O) groups is 2. The number of piperidine rings is 1. The number of fused-ring (bicyclic) bond motifs is 1. The number of amides is 2. The van der Waals surface area contributed by atoms with Gasteiger partial charge in [0.15, 0.2) is 5.76 Å². The number of nitrogens with one attached hydrogen (secondary N) is 2. The Hall–Kier alpha value is -3.60. The Morgan fingerprint density at radius 3 is 2.49 bits per heavy atom. The molecule has 0 spiro atoms. The lowest BCUT2D eigenvalue weighted by molar-refractivity contribution is -0.137. The van der Waals surface area contributed by atoms with E-state index in [4.69, 9.17) is 4.42 Å². The van der Waals surface area contributed by atoms with Gasteiger partial charge in [0.1, 0.15) is 16.9 Å². The molecule has 0 radical (unpaired) electrons. The molecular formula is C28H29F4N3O4. The highest BCUT2D eigenvalue weighted by Gasteiger charge is 2.44. The van der Waals surface area contributed by atoms with E-state index in [0.717, 1.165) is 36.8 Å². The SMILES string of the molecule is O=C(NC1(C(=O)NC2CCN(c3ccc(F)cc3C(F)(F)F)CC2O)CCCCC1)c1cc2ccccc2o1. The van der Waals surface area contributed by atoms with Gasteiger partial charge in [-0.1, -0.05) is 37.5 Å².